The highest BCUT2D eigenvalue weighted by molar-refractivity contribution is 6.03. The number of nitrogens with two attached hydrogens (primary N) is 1. The zero-order valence-electron chi connectivity index (χ0n) is 16.9. The number of benzene rings is 1. The number of guanidine groups is 1. The molecule has 158 valence electrons. The highest BCUT2D eigenvalue weighted by Crippen LogP contribution is 2.35. The van der Waals surface area contributed by atoms with Gasteiger partial charge in [-0.25, -0.2) is 14.4 Å². The van der Waals surface area contributed by atoms with Gasteiger partial charge in [-0.2, -0.15) is 0 Å². The molecule has 3 heterocycles. The number of aliphatic imine (C=N–C) groups is 1. The van der Waals surface area contributed by atoms with Crippen molar-refractivity contribution >= 4 is 23.5 Å². The summed E-state index contributed by atoms with van der Waals surface area (Å²) in [5, 5.41) is 2.68. The van der Waals surface area contributed by atoms with Crippen LogP contribution in [0.4, 0.5) is 10.1 Å². The number of amides is 2. The van der Waals surface area contributed by atoms with Gasteiger partial charge in [0.25, 0.3) is 5.91 Å². The lowest BCUT2D eigenvalue weighted by Gasteiger charge is -2.34. The van der Waals surface area contributed by atoms with Gasteiger partial charge in [0.15, 0.2) is 5.96 Å². The van der Waals surface area contributed by atoms with Crippen molar-refractivity contribution < 1.29 is 14.0 Å². The molecule has 3 aromatic rings. The molecule has 0 aliphatic carbocycles. The summed E-state index contributed by atoms with van der Waals surface area (Å²) in [5.41, 5.74) is 6.60. The van der Waals surface area contributed by atoms with Crippen LogP contribution in [0.5, 0.6) is 0 Å². The molecule has 1 atom stereocenters. The monoisotopic (exact) mass is 421 g/mol. The number of carbonyl (C=O) groups excluding carboxylic acids is 2. The van der Waals surface area contributed by atoms with E-state index >= 15 is 0 Å². The van der Waals surface area contributed by atoms with E-state index in [1.54, 1.807) is 13.1 Å². The molecule has 9 nitrogen and oxygen atoms in total. The van der Waals surface area contributed by atoms with Crippen LogP contribution in [-0.2, 0) is 10.3 Å². The Morgan fingerprint density at radius 3 is 2.74 bits per heavy atom. The van der Waals surface area contributed by atoms with Crippen molar-refractivity contribution in [2.75, 3.05) is 12.4 Å². The number of aromatic amines is 1. The molecule has 0 saturated heterocycles. The first-order chi connectivity index (χ1) is 14.8. The van der Waals surface area contributed by atoms with Gasteiger partial charge in [-0.15, -0.1) is 0 Å². The number of halogens is 1. The molecule has 2 amide bonds. The van der Waals surface area contributed by atoms with Gasteiger partial charge in [0.05, 0.1) is 30.0 Å². The molecule has 0 bridgehead atoms. The van der Waals surface area contributed by atoms with Crippen LogP contribution in [0.2, 0.25) is 0 Å². The third-order valence-corrected chi connectivity index (χ3v) is 5.14. The van der Waals surface area contributed by atoms with Crippen molar-refractivity contribution in [2.24, 2.45) is 10.7 Å². The topological polar surface area (TPSA) is 129 Å². The summed E-state index contributed by atoms with van der Waals surface area (Å²) < 4.78 is 14.6. The number of hydrogen-bond acceptors (Lipinski definition) is 6. The van der Waals surface area contributed by atoms with Gasteiger partial charge in [-0.1, -0.05) is 0 Å². The van der Waals surface area contributed by atoms with Gasteiger partial charge < -0.3 is 16.0 Å². The number of nitrogens with zero attached hydrogens (tertiary/aromatic N) is 4. The zero-order chi connectivity index (χ0) is 22.2. The smallest absolute Gasteiger partial charge is 0.275 e. The Morgan fingerprint density at radius 2 is 2.10 bits per heavy atom. The van der Waals surface area contributed by atoms with Gasteiger partial charge in [0.1, 0.15) is 17.2 Å². The van der Waals surface area contributed by atoms with Crippen molar-refractivity contribution in [3.05, 3.63) is 66.0 Å². The van der Waals surface area contributed by atoms with Crippen molar-refractivity contribution in [1.82, 2.24) is 19.9 Å². The van der Waals surface area contributed by atoms with Crippen molar-refractivity contribution in [1.29, 1.82) is 0 Å². The van der Waals surface area contributed by atoms with Gasteiger partial charge in [0, 0.05) is 24.5 Å². The predicted octanol–water partition coefficient (Wildman–Crippen LogP) is 2.26. The molecule has 4 rings (SSSR count). The molecule has 31 heavy (non-hydrogen) atoms. The number of H-pyrrole nitrogens is 1. The average molecular weight is 421 g/mol. The van der Waals surface area contributed by atoms with E-state index in [1.807, 2.05) is 12.1 Å². The number of rotatable bonds is 4. The number of anilines is 1. The first-order valence-corrected chi connectivity index (χ1v) is 9.46. The van der Waals surface area contributed by atoms with Gasteiger partial charge in [0.2, 0.25) is 5.91 Å². The van der Waals surface area contributed by atoms with Crippen LogP contribution in [0.25, 0.3) is 11.4 Å². The predicted molar refractivity (Wildman–Crippen MR) is 113 cm³/mol. The molecule has 1 unspecified atom stereocenters. The molecule has 4 N–H and O–H groups in total. The summed E-state index contributed by atoms with van der Waals surface area (Å²) in [5.74, 6) is -1.33. The molecule has 0 fully saturated rings. The summed E-state index contributed by atoms with van der Waals surface area (Å²) >= 11 is 0. The Bertz CT molecular complexity index is 1170. The van der Waals surface area contributed by atoms with Crippen LogP contribution in [0, 0.1) is 5.82 Å². The highest BCUT2D eigenvalue weighted by Gasteiger charge is 2.38. The second-order valence-corrected chi connectivity index (χ2v) is 7.39. The zero-order valence-corrected chi connectivity index (χ0v) is 16.9. The fourth-order valence-corrected chi connectivity index (χ4v) is 3.35. The first-order valence-electron chi connectivity index (χ1n) is 9.46. The molecular weight excluding hydrogens is 401 g/mol. The van der Waals surface area contributed by atoms with Crippen LogP contribution in [0.3, 0.4) is 0 Å². The molecule has 1 aromatic carbocycles. The number of aromatic nitrogens is 3. The molecule has 1 aliphatic rings. The molecular formula is C21H20FN7O2. The summed E-state index contributed by atoms with van der Waals surface area (Å²) in [6.45, 7) is 1.62. The molecule has 10 heteroatoms. The minimum absolute atomic E-state index is 0.00465. The SMILES string of the molecule is CN1C(=O)CC(C)(c2cc(NC(=O)c3cnc(-c4ccc[nH]4)cn3)ccc2F)N=C1N. The van der Waals surface area contributed by atoms with E-state index in [1.165, 1.54) is 42.5 Å². The van der Waals surface area contributed by atoms with E-state index in [9.17, 15) is 14.0 Å². The molecule has 2 aromatic heterocycles. The summed E-state index contributed by atoms with van der Waals surface area (Å²) in [6, 6.07) is 7.76. The van der Waals surface area contributed by atoms with Crippen LogP contribution in [0.1, 0.15) is 29.4 Å². The van der Waals surface area contributed by atoms with Crippen LogP contribution < -0.4 is 11.1 Å². The second kappa shape index (κ2) is 7.63. The third kappa shape index (κ3) is 3.87. The van der Waals surface area contributed by atoms with Gasteiger partial charge in [-0.05, 0) is 37.3 Å². The highest BCUT2D eigenvalue weighted by atomic mass is 19.1. The Balaban J connectivity index is 1.57. The summed E-state index contributed by atoms with van der Waals surface area (Å²) in [4.78, 5) is 41.7. The van der Waals surface area contributed by atoms with E-state index in [-0.39, 0.29) is 29.5 Å². The van der Waals surface area contributed by atoms with Crippen molar-refractivity contribution in [3.8, 4) is 11.4 Å². The average Bonchev–Trinajstić information content (AvgIpc) is 3.28. The lowest BCUT2D eigenvalue weighted by molar-refractivity contribution is -0.128. The van der Waals surface area contributed by atoms with E-state index < -0.39 is 17.3 Å². The lowest BCUT2D eigenvalue weighted by atomic mass is 9.87. The van der Waals surface area contributed by atoms with E-state index in [4.69, 9.17) is 5.73 Å². The van der Waals surface area contributed by atoms with E-state index in [2.05, 4.69) is 25.3 Å². The molecule has 0 spiro atoms. The Kier molecular flexibility index (Phi) is 4.97. The maximum atomic E-state index is 14.6. The van der Waals surface area contributed by atoms with E-state index in [0.717, 1.165) is 5.69 Å². The summed E-state index contributed by atoms with van der Waals surface area (Å²) in [7, 11) is 1.51. The van der Waals surface area contributed by atoms with Crippen LogP contribution in [-0.4, -0.2) is 44.7 Å². The Hall–Kier alpha value is -4.08. The van der Waals surface area contributed by atoms with Gasteiger partial charge >= 0.3 is 0 Å². The molecule has 0 saturated carbocycles. The minimum atomic E-state index is -1.18. The Labute approximate surface area is 177 Å². The molecule has 1 aliphatic heterocycles. The fraction of sp³-hybridized carbons (Fsp3) is 0.190. The minimum Gasteiger partial charge on any atom is -0.369 e. The van der Waals surface area contributed by atoms with Gasteiger partial charge in [-0.3, -0.25) is 19.5 Å². The normalized spacial score (nSPS) is 18.6. The molecule has 0 radical (unpaired) electrons. The largest absolute Gasteiger partial charge is 0.369 e. The van der Waals surface area contributed by atoms with E-state index in [0.29, 0.717) is 11.4 Å². The van der Waals surface area contributed by atoms with Crippen LogP contribution in [0.15, 0.2) is 53.9 Å². The second-order valence-electron chi connectivity index (χ2n) is 7.39. The standard InChI is InChI=1S/C21H20FN7O2/c1-21(9-18(30)29(2)20(23)28-21)13-8-12(5-6-14(13)22)27-19(31)17-11-25-16(10-26-17)15-4-3-7-24-15/h3-8,10-11,24H,9H2,1-2H3,(H2,23,28)(H,27,31). The number of nitrogens with one attached hydrogen (secondary N) is 2. The van der Waals surface area contributed by atoms with Crippen molar-refractivity contribution in [3.63, 3.8) is 0 Å². The maximum Gasteiger partial charge on any atom is 0.275 e. The van der Waals surface area contributed by atoms with Crippen molar-refractivity contribution in [2.45, 2.75) is 18.9 Å². The fourth-order valence-electron chi connectivity index (χ4n) is 3.35. The first kappa shape index (κ1) is 20.2. The van der Waals surface area contributed by atoms with Crippen LogP contribution >= 0.6 is 0 Å². The number of hydrogen-bond donors (Lipinski definition) is 3. The lowest BCUT2D eigenvalue weighted by Crippen LogP contribution is -2.47. The Morgan fingerprint density at radius 1 is 1.29 bits per heavy atom. The number of carbonyl (C=O) groups is 2. The quantitative estimate of drug-likeness (QED) is 0.595. The maximum absolute atomic E-state index is 14.6. The third-order valence-electron chi connectivity index (χ3n) is 5.14. The summed E-state index contributed by atoms with van der Waals surface area (Å²) in [6.07, 6.45) is 4.56.